The number of nitrogens with zero attached hydrogens (tertiary/aromatic N) is 6. The smallest absolute Gasteiger partial charge is 0.303 e. The third kappa shape index (κ3) is 62.0. The molecule has 0 fully saturated rings. The third-order valence-electron chi connectivity index (χ3n) is 1.03. The van der Waals surface area contributed by atoms with E-state index < -0.39 is 11.9 Å². The Morgan fingerprint density at radius 3 is 1.12 bits per heavy atom. The highest BCUT2D eigenvalue weighted by atomic mass is 16.4. The molecule has 0 saturated carbocycles. The standard InChI is InChI=1S/C6H10O4.2N3/c7-5(8)3-1-2-4-6(9)10;2*1-3-2/h1-4H2,(H,7,8)(H,9,10);;/q;2*-1. The molecule has 10 nitrogen and oxygen atoms in total. The zero-order valence-electron chi connectivity index (χ0n) is 8.22. The van der Waals surface area contributed by atoms with Gasteiger partial charge in [-0.2, -0.15) is 0 Å². The lowest BCUT2D eigenvalue weighted by atomic mass is 10.2. The zero-order valence-corrected chi connectivity index (χ0v) is 8.22. The summed E-state index contributed by atoms with van der Waals surface area (Å²) in [6.45, 7) is 0. The van der Waals surface area contributed by atoms with Crippen molar-refractivity contribution in [1.82, 2.24) is 0 Å². The minimum Gasteiger partial charge on any atom is -0.481 e. The van der Waals surface area contributed by atoms with Gasteiger partial charge >= 0.3 is 11.9 Å². The average Bonchev–Trinajstić information content (AvgIpc) is 2.14. The maximum absolute atomic E-state index is 9.90. The molecule has 0 aliphatic rings. The number of carbonyl (C=O) groups is 2. The molecule has 10 heteroatoms. The minimum absolute atomic E-state index is 0.0628. The normalized spacial score (nSPS) is 6.75. The van der Waals surface area contributed by atoms with Crippen LogP contribution in [0.2, 0.25) is 0 Å². The number of aliphatic carboxylic acids is 2. The fourth-order valence-electron chi connectivity index (χ4n) is 0.552. The first kappa shape index (κ1) is 19.2. The van der Waals surface area contributed by atoms with Crippen LogP contribution < -0.4 is 0 Å². The van der Waals surface area contributed by atoms with Crippen LogP contribution in [0.5, 0.6) is 0 Å². The molecule has 2 N–H and O–H groups in total. The van der Waals surface area contributed by atoms with E-state index in [0.717, 1.165) is 0 Å². The van der Waals surface area contributed by atoms with E-state index in [4.69, 9.17) is 32.3 Å². The van der Waals surface area contributed by atoms with E-state index >= 15 is 0 Å². The maximum atomic E-state index is 9.90. The molecule has 0 saturated heterocycles. The second-order valence-corrected chi connectivity index (χ2v) is 2.17. The molecule has 16 heavy (non-hydrogen) atoms. The zero-order chi connectivity index (χ0) is 13.4. The quantitative estimate of drug-likeness (QED) is 0.317. The molecule has 0 aromatic carbocycles. The van der Waals surface area contributed by atoms with Crippen LogP contribution in [0.15, 0.2) is 0 Å². The lowest BCUT2D eigenvalue weighted by Crippen LogP contribution is -1.97. The SMILES string of the molecule is O=C(O)CCCCC(=O)O.[N-]=[N+]=[N-].[N-]=[N+]=[N-]. The van der Waals surface area contributed by atoms with Gasteiger partial charge in [0.2, 0.25) is 0 Å². The van der Waals surface area contributed by atoms with Crippen LogP contribution in [0.1, 0.15) is 25.7 Å². The summed E-state index contributed by atoms with van der Waals surface area (Å²) < 4.78 is 0. The van der Waals surface area contributed by atoms with E-state index in [1.54, 1.807) is 0 Å². The minimum atomic E-state index is -0.870. The Hall–Kier alpha value is -2.44. The van der Waals surface area contributed by atoms with Gasteiger partial charge in [-0.15, -0.1) is 0 Å². The van der Waals surface area contributed by atoms with Crippen LogP contribution in [0.25, 0.3) is 31.9 Å². The first-order valence-corrected chi connectivity index (χ1v) is 3.86. The number of hydrogen-bond donors (Lipinski definition) is 2. The van der Waals surface area contributed by atoms with Gasteiger partial charge in [-0.3, -0.25) is 19.4 Å². The van der Waals surface area contributed by atoms with E-state index in [1.165, 1.54) is 9.82 Å². The average molecular weight is 230 g/mol. The molecular formula is C6H10N6O4-2. The Labute approximate surface area is 90.3 Å². The maximum Gasteiger partial charge on any atom is 0.303 e. The summed E-state index contributed by atoms with van der Waals surface area (Å²) in [5.74, 6) is -1.74. The van der Waals surface area contributed by atoms with Crippen molar-refractivity contribution >= 4 is 11.9 Å². The van der Waals surface area contributed by atoms with Crippen LogP contribution in [-0.2, 0) is 9.59 Å². The van der Waals surface area contributed by atoms with Crippen molar-refractivity contribution in [2.45, 2.75) is 25.7 Å². The van der Waals surface area contributed by atoms with Gasteiger partial charge in [-0.1, -0.05) is 0 Å². The van der Waals surface area contributed by atoms with E-state index in [-0.39, 0.29) is 12.8 Å². The van der Waals surface area contributed by atoms with E-state index in [1.807, 2.05) is 0 Å². The lowest BCUT2D eigenvalue weighted by molar-refractivity contribution is -0.139. The topological polar surface area (TPSA) is 192 Å². The van der Waals surface area contributed by atoms with Crippen molar-refractivity contribution in [2.75, 3.05) is 0 Å². The summed E-state index contributed by atoms with van der Waals surface area (Å²) in [4.78, 5) is 22.8. The summed E-state index contributed by atoms with van der Waals surface area (Å²) in [7, 11) is 0. The molecule has 0 spiro atoms. The Bertz CT molecular complexity index is 238. The molecule has 0 rings (SSSR count). The van der Waals surface area contributed by atoms with Crippen molar-refractivity contribution in [1.29, 1.82) is 0 Å². The molecular weight excluding hydrogens is 220 g/mol. The van der Waals surface area contributed by atoms with E-state index in [9.17, 15) is 9.59 Å². The molecule has 90 valence electrons. The summed E-state index contributed by atoms with van der Waals surface area (Å²) in [6.07, 6.45) is 1.02. The van der Waals surface area contributed by atoms with Crippen molar-refractivity contribution in [3.63, 3.8) is 0 Å². The Morgan fingerprint density at radius 2 is 1.00 bits per heavy atom. The van der Waals surface area contributed by atoms with Crippen LogP contribution in [0.3, 0.4) is 0 Å². The van der Waals surface area contributed by atoms with E-state index in [2.05, 4.69) is 0 Å². The van der Waals surface area contributed by atoms with Gasteiger partial charge in [0.15, 0.2) is 0 Å². The van der Waals surface area contributed by atoms with Gasteiger partial charge in [-0.25, -0.2) is 0 Å². The molecule has 0 atom stereocenters. The van der Waals surface area contributed by atoms with Gasteiger partial charge in [0, 0.05) is 12.8 Å². The van der Waals surface area contributed by atoms with Crippen molar-refractivity contribution in [3.05, 3.63) is 31.9 Å². The fourth-order valence-corrected chi connectivity index (χ4v) is 0.552. The van der Waals surface area contributed by atoms with Gasteiger partial charge in [-0.05, 0) is 12.8 Å². The summed E-state index contributed by atoms with van der Waals surface area (Å²) >= 11 is 0. The van der Waals surface area contributed by atoms with Crippen molar-refractivity contribution in [3.8, 4) is 0 Å². The molecule has 0 heterocycles. The molecule has 0 aromatic rings. The largest absolute Gasteiger partial charge is 0.481 e. The summed E-state index contributed by atoms with van der Waals surface area (Å²) in [5.41, 5.74) is 27.0. The molecule has 0 radical (unpaired) electrons. The number of rotatable bonds is 5. The van der Waals surface area contributed by atoms with E-state index in [0.29, 0.717) is 12.8 Å². The Balaban J connectivity index is -0.000000235. The second kappa shape index (κ2) is 18.4. The predicted molar refractivity (Wildman–Crippen MR) is 53.9 cm³/mol. The van der Waals surface area contributed by atoms with Gasteiger partial charge in [0.1, 0.15) is 0 Å². The van der Waals surface area contributed by atoms with Crippen LogP contribution in [0.4, 0.5) is 0 Å². The monoisotopic (exact) mass is 230 g/mol. The van der Waals surface area contributed by atoms with Crippen molar-refractivity contribution < 1.29 is 19.8 Å². The number of carboxylic acid groups (broad SMARTS) is 2. The van der Waals surface area contributed by atoms with Crippen molar-refractivity contribution in [2.24, 2.45) is 0 Å². The van der Waals surface area contributed by atoms with Crippen LogP contribution in [-0.4, -0.2) is 22.2 Å². The molecule has 0 bridgehead atoms. The highest BCUT2D eigenvalue weighted by Crippen LogP contribution is 1.98. The molecule has 0 aliphatic carbocycles. The molecule has 0 amide bonds. The third-order valence-corrected chi connectivity index (χ3v) is 1.03. The summed E-state index contributed by atoms with van der Waals surface area (Å²) in [5, 5.41) is 16.3. The van der Waals surface area contributed by atoms with Crippen LogP contribution in [0, 0.1) is 0 Å². The summed E-state index contributed by atoms with van der Waals surface area (Å²) in [6, 6.07) is 0. The molecule has 0 aromatic heterocycles. The molecule has 0 unspecified atom stereocenters. The van der Waals surface area contributed by atoms with Gasteiger partial charge in [0.05, 0.1) is 0 Å². The number of unbranched alkanes of at least 4 members (excludes halogenated alkanes) is 1. The Morgan fingerprint density at radius 1 is 0.812 bits per heavy atom. The number of hydrogen-bond acceptors (Lipinski definition) is 2. The van der Waals surface area contributed by atoms with Crippen LogP contribution >= 0.6 is 0 Å². The number of carboxylic acids is 2. The highest BCUT2D eigenvalue weighted by Gasteiger charge is 1.99. The first-order chi connectivity index (χ1) is 7.45. The van der Waals surface area contributed by atoms with Gasteiger partial charge in [0.25, 0.3) is 0 Å². The molecule has 0 aliphatic heterocycles. The first-order valence-electron chi connectivity index (χ1n) is 3.86. The lowest BCUT2D eigenvalue weighted by Gasteiger charge is -1.92. The second-order valence-electron chi connectivity index (χ2n) is 2.17. The predicted octanol–water partition coefficient (Wildman–Crippen LogP) is 2.45. The van der Waals surface area contributed by atoms with Gasteiger partial charge < -0.3 is 32.3 Å². The highest BCUT2D eigenvalue weighted by molar-refractivity contribution is 5.67. The fraction of sp³-hybridized carbons (Fsp3) is 0.667. The Kier molecular flexibility index (Phi) is 22.0.